The predicted octanol–water partition coefficient (Wildman–Crippen LogP) is 4.63. The van der Waals surface area contributed by atoms with Crippen molar-refractivity contribution in [2.24, 2.45) is 0 Å². The quantitative estimate of drug-likeness (QED) is 0.438. The van der Waals surface area contributed by atoms with Gasteiger partial charge in [-0.05, 0) is 57.2 Å². The summed E-state index contributed by atoms with van der Waals surface area (Å²) in [6, 6.07) is 18.2. The summed E-state index contributed by atoms with van der Waals surface area (Å²) >= 11 is 0. The van der Waals surface area contributed by atoms with Crippen LogP contribution < -0.4 is 23.8 Å². The smallest absolute Gasteiger partial charge is 0.264 e. The van der Waals surface area contributed by atoms with Crippen molar-refractivity contribution in [2.75, 3.05) is 30.4 Å². The number of carbonyl (C=O) groups is 1. The van der Waals surface area contributed by atoms with Crippen molar-refractivity contribution in [2.45, 2.75) is 31.8 Å². The standard InChI is InChI=1S/C26H30N2O6S/c1-18(2)34-23-9-7-6-8-22(23)27-26(29)17-28(20-12-10-19(3)11-13-20)35(30,31)21-14-15-24(32-4)25(16-21)33-5/h6-16,18H,17H2,1-5H3,(H,27,29). The summed E-state index contributed by atoms with van der Waals surface area (Å²) < 4.78 is 44.7. The average Bonchev–Trinajstić information content (AvgIpc) is 2.83. The van der Waals surface area contributed by atoms with E-state index in [1.165, 1.54) is 32.4 Å². The van der Waals surface area contributed by atoms with Crippen LogP contribution in [0.3, 0.4) is 0 Å². The van der Waals surface area contributed by atoms with Crippen LogP contribution in [0.4, 0.5) is 11.4 Å². The summed E-state index contributed by atoms with van der Waals surface area (Å²) in [5.41, 5.74) is 1.77. The Morgan fingerprint density at radius 2 is 1.57 bits per heavy atom. The number of nitrogens with one attached hydrogen (secondary N) is 1. The number of sulfonamides is 1. The molecule has 0 aliphatic rings. The van der Waals surface area contributed by atoms with Crippen molar-refractivity contribution in [3.8, 4) is 17.2 Å². The number of carbonyl (C=O) groups excluding carboxylic acids is 1. The van der Waals surface area contributed by atoms with Crippen molar-refractivity contribution in [3.63, 3.8) is 0 Å². The summed E-state index contributed by atoms with van der Waals surface area (Å²) in [4.78, 5) is 13.1. The maximum Gasteiger partial charge on any atom is 0.264 e. The van der Waals surface area contributed by atoms with Gasteiger partial charge in [-0.15, -0.1) is 0 Å². The largest absolute Gasteiger partial charge is 0.493 e. The van der Waals surface area contributed by atoms with E-state index in [2.05, 4.69) is 5.32 Å². The average molecular weight is 499 g/mol. The van der Waals surface area contributed by atoms with Gasteiger partial charge < -0.3 is 19.5 Å². The topological polar surface area (TPSA) is 94.2 Å². The third kappa shape index (κ3) is 6.24. The first-order valence-corrected chi connectivity index (χ1v) is 12.5. The number of rotatable bonds is 10. The molecule has 3 aromatic carbocycles. The zero-order chi connectivity index (χ0) is 25.6. The Morgan fingerprint density at radius 1 is 0.914 bits per heavy atom. The minimum absolute atomic E-state index is 0.0351. The molecule has 0 unspecified atom stereocenters. The van der Waals surface area contributed by atoms with Crippen LogP contribution in [0.25, 0.3) is 0 Å². The van der Waals surface area contributed by atoms with Crippen molar-refractivity contribution < 1.29 is 27.4 Å². The Balaban J connectivity index is 1.97. The van der Waals surface area contributed by atoms with Gasteiger partial charge in [0, 0.05) is 6.07 Å². The number of ether oxygens (including phenoxy) is 3. The maximum absolute atomic E-state index is 13.7. The van der Waals surface area contributed by atoms with Crippen LogP contribution in [0, 0.1) is 6.92 Å². The molecule has 0 saturated carbocycles. The minimum Gasteiger partial charge on any atom is -0.493 e. The highest BCUT2D eigenvalue weighted by Crippen LogP contribution is 2.32. The van der Waals surface area contributed by atoms with Crippen LogP contribution in [0.1, 0.15) is 19.4 Å². The number of para-hydroxylation sites is 2. The number of hydrogen-bond donors (Lipinski definition) is 1. The maximum atomic E-state index is 13.7. The first-order valence-electron chi connectivity index (χ1n) is 11.0. The lowest BCUT2D eigenvalue weighted by atomic mass is 10.2. The van der Waals surface area contributed by atoms with Crippen LogP contribution in [-0.2, 0) is 14.8 Å². The minimum atomic E-state index is -4.14. The highest BCUT2D eigenvalue weighted by Gasteiger charge is 2.28. The molecule has 9 heteroatoms. The van der Waals surface area contributed by atoms with Gasteiger partial charge in [-0.3, -0.25) is 9.10 Å². The van der Waals surface area contributed by atoms with E-state index in [1.807, 2.05) is 20.8 Å². The first-order chi connectivity index (χ1) is 16.6. The molecule has 1 amide bonds. The van der Waals surface area contributed by atoms with Gasteiger partial charge in [-0.25, -0.2) is 8.42 Å². The van der Waals surface area contributed by atoms with Crippen molar-refractivity contribution in [1.82, 2.24) is 0 Å². The second-order valence-electron chi connectivity index (χ2n) is 8.07. The van der Waals surface area contributed by atoms with E-state index in [4.69, 9.17) is 14.2 Å². The van der Waals surface area contributed by atoms with Crippen molar-refractivity contribution in [1.29, 1.82) is 0 Å². The lowest BCUT2D eigenvalue weighted by Gasteiger charge is -2.25. The van der Waals surface area contributed by atoms with Gasteiger partial charge in [0.15, 0.2) is 11.5 Å². The van der Waals surface area contributed by atoms with Crippen LogP contribution in [-0.4, -0.2) is 41.2 Å². The number of aryl methyl sites for hydroxylation is 1. The van der Waals surface area contributed by atoms with E-state index in [-0.39, 0.29) is 16.7 Å². The number of anilines is 2. The highest BCUT2D eigenvalue weighted by molar-refractivity contribution is 7.92. The van der Waals surface area contributed by atoms with Gasteiger partial charge >= 0.3 is 0 Å². The second-order valence-corrected chi connectivity index (χ2v) is 9.94. The molecule has 1 N–H and O–H groups in total. The summed E-state index contributed by atoms with van der Waals surface area (Å²) in [5.74, 6) is 0.643. The zero-order valence-electron chi connectivity index (χ0n) is 20.4. The molecule has 3 aromatic rings. The van der Waals surface area contributed by atoms with Crippen LogP contribution in [0.15, 0.2) is 71.6 Å². The second kappa shape index (κ2) is 11.1. The van der Waals surface area contributed by atoms with Crippen LogP contribution in [0.5, 0.6) is 17.2 Å². The lowest BCUT2D eigenvalue weighted by molar-refractivity contribution is -0.114. The summed E-state index contributed by atoms with van der Waals surface area (Å²) in [5, 5.41) is 2.78. The molecule has 0 saturated heterocycles. The van der Waals surface area contributed by atoms with Crippen LogP contribution >= 0.6 is 0 Å². The van der Waals surface area contributed by atoms with Crippen LogP contribution in [0.2, 0.25) is 0 Å². The highest BCUT2D eigenvalue weighted by atomic mass is 32.2. The fourth-order valence-corrected chi connectivity index (χ4v) is 4.81. The summed E-state index contributed by atoms with van der Waals surface area (Å²) in [6.45, 7) is 5.21. The number of benzene rings is 3. The zero-order valence-corrected chi connectivity index (χ0v) is 21.3. The van der Waals surface area contributed by atoms with E-state index in [9.17, 15) is 13.2 Å². The third-order valence-corrected chi connectivity index (χ3v) is 6.85. The summed E-state index contributed by atoms with van der Waals surface area (Å²) in [7, 11) is -1.24. The van der Waals surface area contributed by atoms with E-state index in [1.54, 1.807) is 48.5 Å². The predicted molar refractivity (Wildman–Crippen MR) is 136 cm³/mol. The van der Waals surface area contributed by atoms with Crippen molar-refractivity contribution in [3.05, 3.63) is 72.3 Å². The Kier molecular flexibility index (Phi) is 8.24. The number of methoxy groups -OCH3 is 2. The molecule has 0 aliphatic heterocycles. The first kappa shape index (κ1) is 25.9. The molecule has 0 spiro atoms. The Hall–Kier alpha value is -3.72. The Bertz CT molecular complexity index is 1270. The van der Waals surface area contributed by atoms with E-state index >= 15 is 0 Å². The molecule has 0 aromatic heterocycles. The molecular weight excluding hydrogens is 468 g/mol. The SMILES string of the molecule is COc1ccc(S(=O)(=O)N(CC(=O)Nc2ccccc2OC(C)C)c2ccc(C)cc2)cc1OC. The van der Waals surface area contributed by atoms with Gasteiger partial charge in [0.1, 0.15) is 12.3 Å². The van der Waals surface area contributed by atoms with Crippen molar-refractivity contribution >= 4 is 27.3 Å². The number of nitrogens with zero attached hydrogens (tertiary/aromatic N) is 1. The summed E-state index contributed by atoms with van der Waals surface area (Å²) in [6.07, 6.45) is -0.0949. The number of amides is 1. The molecule has 0 fully saturated rings. The molecule has 0 aliphatic carbocycles. The molecule has 0 atom stereocenters. The lowest BCUT2D eigenvalue weighted by Crippen LogP contribution is -2.38. The van der Waals surface area contributed by atoms with Gasteiger partial charge in [0.2, 0.25) is 5.91 Å². The van der Waals surface area contributed by atoms with Gasteiger partial charge in [0.05, 0.1) is 36.6 Å². The normalized spacial score (nSPS) is 11.1. The molecule has 35 heavy (non-hydrogen) atoms. The molecular formula is C26H30N2O6S. The molecule has 186 valence electrons. The monoisotopic (exact) mass is 498 g/mol. The van der Waals surface area contributed by atoms with E-state index < -0.39 is 22.5 Å². The third-order valence-electron chi connectivity index (χ3n) is 5.08. The number of hydrogen-bond acceptors (Lipinski definition) is 6. The van der Waals surface area contributed by atoms with Gasteiger partial charge in [-0.1, -0.05) is 29.8 Å². The molecule has 8 nitrogen and oxygen atoms in total. The van der Waals surface area contributed by atoms with E-state index in [0.717, 1.165) is 9.87 Å². The fraction of sp³-hybridized carbons (Fsp3) is 0.269. The van der Waals surface area contributed by atoms with Gasteiger partial charge in [0.25, 0.3) is 10.0 Å². The Morgan fingerprint density at radius 3 is 2.20 bits per heavy atom. The van der Waals surface area contributed by atoms with E-state index in [0.29, 0.717) is 22.9 Å². The molecule has 0 heterocycles. The molecule has 3 rings (SSSR count). The molecule has 0 bridgehead atoms. The van der Waals surface area contributed by atoms with Gasteiger partial charge in [-0.2, -0.15) is 0 Å². The molecule has 0 radical (unpaired) electrons. The Labute approximate surface area is 206 Å². The fourth-order valence-electron chi connectivity index (χ4n) is 3.38.